The second kappa shape index (κ2) is 4.59. The van der Waals surface area contributed by atoms with Crippen LogP contribution in [0, 0.1) is 13.8 Å². The van der Waals surface area contributed by atoms with Gasteiger partial charge in [-0.3, -0.25) is 9.48 Å². The molecule has 0 aliphatic carbocycles. The number of rotatable bonds is 3. The highest BCUT2D eigenvalue weighted by Crippen LogP contribution is 2.10. The van der Waals surface area contributed by atoms with E-state index in [1.54, 1.807) is 31.6 Å². The molecule has 0 aromatic carbocycles. The number of carbonyl (C=O) groups is 1. The summed E-state index contributed by atoms with van der Waals surface area (Å²) in [6.07, 6.45) is 0. The number of aromatic nitrogens is 4. The van der Waals surface area contributed by atoms with Gasteiger partial charge >= 0.3 is 0 Å². The number of hydrogen-bond donors (Lipinski definition) is 1. The van der Waals surface area contributed by atoms with Crippen LogP contribution in [0.5, 0.6) is 0 Å². The zero-order valence-corrected chi connectivity index (χ0v) is 10.8. The predicted octanol–water partition coefficient (Wildman–Crippen LogP) is 0.911. The maximum absolute atomic E-state index is 11.9. The minimum atomic E-state index is -0.346. The molecule has 0 aliphatic heterocycles. The smallest absolute Gasteiger partial charge is 0.272 e. The van der Waals surface area contributed by atoms with Crippen LogP contribution in [0.15, 0.2) is 10.6 Å². The molecule has 2 aromatic rings. The maximum atomic E-state index is 11.9. The van der Waals surface area contributed by atoms with E-state index in [0.29, 0.717) is 17.4 Å². The zero-order valence-electron chi connectivity index (χ0n) is 10.8. The standard InChI is InChI=1S/C11H15N5O2/c1-6-5-9(14-16(6)4)10(17)12-7(2)11-13-8(3)15-18-11/h5,7H,1-4H3,(H,12,17)/t7-/m0/s1. The minimum absolute atomic E-state index is 0.262. The molecule has 0 fully saturated rings. The largest absolute Gasteiger partial charge is 0.339 e. The van der Waals surface area contributed by atoms with Crippen LogP contribution in [-0.2, 0) is 7.05 Å². The predicted molar refractivity (Wildman–Crippen MR) is 62.9 cm³/mol. The van der Waals surface area contributed by atoms with Gasteiger partial charge in [0, 0.05) is 12.7 Å². The topological polar surface area (TPSA) is 85.8 Å². The zero-order chi connectivity index (χ0) is 13.3. The molecule has 1 N–H and O–H groups in total. The van der Waals surface area contributed by atoms with Gasteiger partial charge < -0.3 is 9.84 Å². The van der Waals surface area contributed by atoms with Gasteiger partial charge in [0.15, 0.2) is 5.82 Å². The summed E-state index contributed by atoms with van der Waals surface area (Å²) in [6, 6.07) is 1.38. The van der Waals surface area contributed by atoms with Gasteiger partial charge in [-0.05, 0) is 26.8 Å². The number of aryl methyl sites for hydroxylation is 3. The van der Waals surface area contributed by atoms with Crippen molar-refractivity contribution in [3.63, 3.8) is 0 Å². The Morgan fingerprint density at radius 3 is 2.72 bits per heavy atom. The molecule has 1 atom stereocenters. The van der Waals surface area contributed by atoms with Gasteiger partial charge in [-0.1, -0.05) is 5.16 Å². The van der Waals surface area contributed by atoms with Crippen molar-refractivity contribution in [3.05, 3.63) is 29.2 Å². The van der Waals surface area contributed by atoms with Gasteiger partial charge in [-0.15, -0.1) is 0 Å². The van der Waals surface area contributed by atoms with Gasteiger partial charge in [-0.25, -0.2) is 0 Å². The molecule has 0 spiro atoms. The van der Waals surface area contributed by atoms with Crippen LogP contribution in [0.4, 0.5) is 0 Å². The molecule has 2 aromatic heterocycles. The quantitative estimate of drug-likeness (QED) is 0.873. The number of carbonyl (C=O) groups excluding carboxylic acids is 1. The normalized spacial score (nSPS) is 12.4. The third-order valence-corrected chi connectivity index (χ3v) is 2.61. The molecule has 18 heavy (non-hydrogen) atoms. The summed E-state index contributed by atoms with van der Waals surface area (Å²) in [5.41, 5.74) is 1.29. The van der Waals surface area contributed by atoms with Crippen molar-refractivity contribution in [2.45, 2.75) is 26.8 Å². The summed E-state index contributed by atoms with van der Waals surface area (Å²) in [4.78, 5) is 16.0. The summed E-state index contributed by atoms with van der Waals surface area (Å²) in [7, 11) is 1.79. The van der Waals surface area contributed by atoms with E-state index >= 15 is 0 Å². The second-order valence-corrected chi connectivity index (χ2v) is 4.17. The van der Waals surface area contributed by atoms with Crippen LogP contribution >= 0.6 is 0 Å². The van der Waals surface area contributed by atoms with E-state index in [9.17, 15) is 4.79 Å². The molecular weight excluding hydrogens is 234 g/mol. The summed E-state index contributed by atoms with van der Waals surface area (Å²) in [5, 5.41) is 10.5. The fourth-order valence-electron chi connectivity index (χ4n) is 1.49. The molecule has 0 saturated carbocycles. The first-order chi connectivity index (χ1) is 8.47. The van der Waals surface area contributed by atoms with E-state index in [1.807, 2.05) is 6.92 Å². The summed E-state index contributed by atoms with van der Waals surface area (Å²) < 4.78 is 6.64. The molecular formula is C11H15N5O2. The lowest BCUT2D eigenvalue weighted by atomic mass is 10.3. The average molecular weight is 249 g/mol. The van der Waals surface area contributed by atoms with Crippen LogP contribution in [0.3, 0.4) is 0 Å². The molecule has 7 nitrogen and oxygen atoms in total. The lowest BCUT2D eigenvalue weighted by Crippen LogP contribution is -2.27. The summed E-state index contributed by atoms with van der Waals surface area (Å²) in [5.74, 6) is 0.662. The number of amides is 1. The molecule has 7 heteroatoms. The lowest BCUT2D eigenvalue weighted by molar-refractivity contribution is 0.0926. The Balaban J connectivity index is 2.07. The van der Waals surface area contributed by atoms with Crippen molar-refractivity contribution in [2.24, 2.45) is 7.05 Å². The molecule has 96 valence electrons. The second-order valence-electron chi connectivity index (χ2n) is 4.17. The first-order valence-electron chi connectivity index (χ1n) is 5.59. The first kappa shape index (κ1) is 12.3. The van der Waals surface area contributed by atoms with Gasteiger partial charge in [-0.2, -0.15) is 10.1 Å². The molecule has 0 unspecified atom stereocenters. The van der Waals surface area contributed by atoms with Gasteiger partial charge in [0.25, 0.3) is 5.91 Å². The Labute approximate surface area is 104 Å². The highest BCUT2D eigenvalue weighted by atomic mass is 16.5. The van der Waals surface area contributed by atoms with Crippen LogP contribution in [0.2, 0.25) is 0 Å². The Morgan fingerprint density at radius 1 is 1.50 bits per heavy atom. The Morgan fingerprint density at radius 2 is 2.22 bits per heavy atom. The van der Waals surface area contributed by atoms with Gasteiger partial charge in [0.05, 0.1) is 0 Å². The summed E-state index contributed by atoms with van der Waals surface area (Å²) >= 11 is 0. The molecule has 0 aliphatic rings. The molecule has 0 radical (unpaired) electrons. The lowest BCUT2D eigenvalue weighted by Gasteiger charge is -2.07. The number of nitrogens with one attached hydrogen (secondary N) is 1. The molecule has 0 saturated heterocycles. The fourth-order valence-corrected chi connectivity index (χ4v) is 1.49. The molecule has 1 amide bonds. The average Bonchev–Trinajstić information content (AvgIpc) is 2.86. The van der Waals surface area contributed by atoms with Crippen molar-refractivity contribution < 1.29 is 9.32 Å². The van der Waals surface area contributed by atoms with Crippen molar-refractivity contribution in [1.82, 2.24) is 25.2 Å². The van der Waals surface area contributed by atoms with E-state index < -0.39 is 0 Å². The van der Waals surface area contributed by atoms with Crippen molar-refractivity contribution in [1.29, 1.82) is 0 Å². The van der Waals surface area contributed by atoms with Crippen molar-refractivity contribution in [3.8, 4) is 0 Å². The molecule has 2 heterocycles. The summed E-state index contributed by atoms with van der Waals surface area (Å²) in [6.45, 7) is 5.39. The highest BCUT2D eigenvalue weighted by molar-refractivity contribution is 5.92. The van der Waals surface area contributed by atoms with Gasteiger partial charge in [0.2, 0.25) is 5.89 Å². The van der Waals surface area contributed by atoms with Crippen molar-refractivity contribution >= 4 is 5.91 Å². The SMILES string of the molecule is Cc1noc([C@H](C)NC(=O)c2cc(C)n(C)n2)n1. The monoisotopic (exact) mass is 249 g/mol. The third-order valence-electron chi connectivity index (χ3n) is 2.61. The van der Waals surface area contributed by atoms with Gasteiger partial charge in [0.1, 0.15) is 11.7 Å². The Kier molecular flexibility index (Phi) is 3.14. The minimum Gasteiger partial charge on any atom is -0.339 e. The Hall–Kier alpha value is -2.18. The highest BCUT2D eigenvalue weighted by Gasteiger charge is 2.18. The fraction of sp³-hybridized carbons (Fsp3) is 0.455. The Bertz CT molecular complexity index is 552. The van der Waals surface area contributed by atoms with E-state index in [1.165, 1.54) is 0 Å². The van der Waals surface area contributed by atoms with E-state index in [4.69, 9.17) is 4.52 Å². The van der Waals surface area contributed by atoms with Crippen LogP contribution in [-0.4, -0.2) is 25.8 Å². The number of hydrogen-bond acceptors (Lipinski definition) is 5. The third kappa shape index (κ3) is 2.39. The molecule has 2 rings (SSSR count). The first-order valence-corrected chi connectivity index (χ1v) is 5.59. The van der Waals surface area contributed by atoms with Crippen LogP contribution in [0.1, 0.15) is 40.9 Å². The van der Waals surface area contributed by atoms with Crippen molar-refractivity contribution in [2.75, 3.05) is 0 Å². The van der Waals surface area contributed by atoms with E-state index in [2.05, 4.69) is 20.6 Å². The van der Waals surface area contributed by atoms with Crippen LogP contribution in [0.25, 0.3) is 0 Å². The van der Waals surface area contributed by atoms with E-state index in [-0.39, 0.29) is 11.9 Å². The van der Waals surface area contributed by atoms with Crippen LogP contribution < -0.4 is 5.32 Å². The molecule has 0 bridgehead atoms. The number of nitrogens with zero attached hydrogens (tertiary/aromatic N) is 4. The maximum Gasteiger partial charge on any atom is 0.272 e. The van der Waals surface area contributed by atoms with E-state index in [0.717, 1.165) is 5.69 Å².